The third-order valence-electron chi connectivity index (χ3n) is 9.69. The highest BCUT2D eigenvalue weighted by Gasteiger charge is 2.44. The van der Waals surface area contributed by atoms with Gasteiger partial charge in [-0.3, -0.25) is 0 Å². The van der Waals surface area contributed by atoms with Crippen LogP contribution in [0.1, 0.15) is 33.4 Å². The maximum absolute atomic E-state index is 12.8. The van der Waals surface area contributed by atoms with Crippen molar-refractivity contribution < 1.29 is 19.7 Å². The van der Waals surface area contributed by atoms with E-state index in [4.69, 9.17) is 9.47 Å². The Kier molecular flexibility index (Phi) is 6.37. The summed E-state index contributed by atoms with van der Waals surface area (Å²) in [6, 6.07) is 55.1. The summed E-state index contributed by atoms with van der Waals surface area (Å²) in [7, 11) is 0. The average molecular weight is 623 g/mol. The highest BCUT2D eigenvalue weighted by molar-refractivity contribution is 5.78. The van der Waals surface area contributed by atoms with Crippen molar-refractivity contribution in [3.05, 3.63) is 203 Å². The normalized spacial score (nSPS) is 14.7. The number of ether oxygens (including phenoxy) is 2. The molecule has 230 valence electrons. The lowest BCUT2D eigenvalue weighted by molar-refractivity contribution is 0.113. The summed E-state index contributed by atoms with van der Waals surface area (Å²) in [5.41, 5.74) is 5.23. The summed E-state index contributed by atoms with van der Waals surface area (Å²) in [6.45, 7) is 0. The molecule has 2 N–H and O–H groups in total. The molecule has 0 aromatic heterocycles. The Labute approximate surface area is 278 Å². The van der Waals surface area contributed by atoms with Crippen LogP contribution in [-0.2, 0) is 11.2 Å². The van der Waals surface area contributed by atoms with Crippen molar-refractivity contribution in [1.82, 2.24) is 0 Å². The molecule has 2 aliphatic rings. The van der Waals surface area contributed by atoms with Crippen LogP contribution in [0.4, 0.5) is 0 Å². The predicted molar refractivity (Wildman–Crippen MR) is 187 cm³/mol. The molecule has 0 atom stereocenters. The van der Waals surface area contributed by atoms with Crippen LogP contribution in [0.5, 0.6) is 23.0 Å². The Bertz CT molecular complexity index is 2080. The van der Waals surface area contributed by atoms with Crippen LogP contribution in [0.25, 0.3) is 22.3 Å². The minimum atomic E-state index is -1.43. The topological polar surface area (TPSA) is 58.9 Å². The molecule has 48 heavy (non-hydrogen) atoms. The number of rotatable bonds is 4. The van der Waals surface area contributed by atoms with Crippen LogP contribution in [0.2, 0.25) is 0 Å². The summed E-state index contributed by atoms with van der Waals surface area (Å²) in [5.74, 6) is 2.54. The predicted octanol–water partition coefficient (Wildman–Crippen LogP) is 9.80. The standard InChI is InChI=1S/C44H30O4/c45-43(35-17-5-9-21-39(35)47-40-22-10-6-18-36(40)43)33-15-3-1-13-31(33)29-25-27-30(28-26-29)32-14-2-4-16-34(32)44(46)37-19-7-11-23-41(37)48-42-24-12-8-20-38(42)44/h1-28,45-46H. The SMILES string of the molecule is OC1(c2ccccc2-c2ccc(-c3ccccc3C3(O)c4ccccc4Oc4ccccc43)cc2)c2ccccc2Oc2ccccc21. The molecule has 7 aromatic carbocycles. The van der Waals surface area contributed by atoms with Crippen molar-refractivity contribution in [1.29, 1.82) is 0 Å². The van der Waals surface area contributed by atoms with Crippen LogP contribution in [0, 0.1) is 0 Å². The van der Waals surface area contributed by atoms with Crippen LogP contribution in [0.15, 0.2) is 170 Å². The second kappa shape index (κ2) is 10.8. The van der Waals surface area contributed by atoms with Crippen LogP contribution in [0.3, 0.4) is 0 Å². The first-order valence-electron chi connectivity index (χ1n) is 16.0. The number of hydrogen-bond acceptors (Lipinski definition) is 4. The van der Waals surface area contributed by atoms with Gasteiger partial charge in [0.2, 0.25) is 0 Å². The number of fused-ring (bicyclic) bond motifs is 4. The highest BCUT2D eigenvalue weighted by Crippen LogP contribution is 2.53. The molecule has 4 heteroatoms. The van der Waals surface area contributed by atoms with Gasteiger partial charge in [0.05, 0.1) is 0 Å². The molecule has 0 bridgehead atoms. The number of para-hydroxylation sites is 4. The van der Waals surface area contributed by atoms with Gasteiger partial charge in [-0.15, -0.1) is 0 Å². The van der Waals surface area contributed by atoms with E-state index in [9.17, 15) is 10.2 Å². The number of benzene rings is 7. The molecule has 0 aliphatic carbocycles. The van der Waals surface area contributed by atoms with Gasteiger partial charge in [0.15, 0.2) is 0 Å². The van der Waals surface area contributed by atoms with E-state index in [1.54, 1.807) is 0 Å². The van der Waals surface area contributed by atoms with Gasteiger partial charge in [0.1, 0.15) is 34.2 Å². The first-order valence-corrected chi connectivity index (χ1v) is 16.0. The minimum Gasteiger partial charge on any atom is -0.457 e. The van der Waals surface area contributed by atoms with Crippen LogP contribution < -0.4 is 9.47 Å². The summed E-state index contributed by atoms with van der Waals surface area (Å²) in [4.78, 5) is 0. The van der Waals surface area contributed by atoms with Gasteiger partial charge >= 0.3 is 0 Å². The summed E-state index contributed by atoms with van der Waals surface area (Å²) in [6.07, 6.45) is 0. The van der Waals surface area contributed by atoms with E-state index in [2.05, 4.69) is 36.4 Å². The zero-order valence-electron chi connectivity index (χ0n) is 25.9. The van der Waals surface area contributed by atoms with E-state index in [-0.39, 0.29) is 0 Å². The minimum absolute atomic E-state index is 0.634. The quantitative estimate of drug-likeness (QED) is 0.205. The molecule has 0 saturated carbocycles. The van der Waals surface area contributed by atoms with Gasteiger partial charge in [0, 0.05) is 33.4 Å². The van der Waals surface area contributed by atoms with E-state index in [1.807, 2.05) is 133 Å². The van der Waals surface area contributed by atoms with Crippen molar-refractivity contribution in [2.75, 3.05) is 0 Å². The Morgan fingerprint density at radius 1 is 0.292 bits per heavy atom. The summed E-state index contributed by atoms with van der Waals surface area (Å²) >= 11 is 0. The number of hydrogen-bond donors (Lipinski definition) is 2. The molecule has 0 fully saturated rings. The largest absolute Gasteiger partial charge is 0.457 e. The molecule has 0 radical (unpaired) electrons. The molecular formula is C44H30O4. The van der Waals surface area contributed by atoms with Crippen LogP contribution in [-0.4, -0.2) is 10.2 Å². The fraction of sp³-hybridized carbons (Fsp3) is 0.0455. The summed E-state index contributed by atoms with van der Waals surface area (Å²) in [5, 5.41) is 25.5. The van der Waals surface area contributed by atoms with Gasteiger partial charge in [0.25, 0.3) is 0 Å². The Hall–Kier alpha value is -5.94. The molecule has 7 aromatic rings. The van der Waals surface area contributed by atoms with Gasteiger partial charge in [-0.1, -0.05) is 146 Å². The zero-order valence-corrected chi connectivity index (χ0v) is 25.9. The third kappa shape index (κ3) is 4.10. The lowest BCUT2D eigenvalue weighted by atomic mass is 9.75. The first-order chi connectivity index (χ1) is 23.6. The van der Waals surface area contributed by atoms with Gasteiger partial charge in [-0.2, -0.15) is 0 Å². The molecular weight excluding hydrogens is 592 g/mol. The molecule has 2 heterocycles. The smallest absolute Gasteiger partial charge is 0.148 e. The lowest BCUT2D eigenvalue weighted by Gasteiger charge is -2.37. The van der Waals surface area contributed by atoms with E-state index >= 15 is 0 Å². The van der Waals surface area contributed by atoms with E-state index in [0.717, 1.165) is 33.4 Å². The fourth-order valence-corrected chi connectivity index (χ4v) is 7.46. The average Bonchev–Trinajstić information content (AvgIpc) is 3.15. The molecule has 0 unspecified atom stereocenters. The third-order valence-corrected chi connectivity index (χ3v) is 9.69. The molecule has 2 aliphatic heterocycles. The molecule has 9 rings (SSSR count). The highest BCUT2D eigenvalue weighted by atomic mass is 16.5. The Morgan fingerprint density at radius 3 is 0.854 bits per heavy atom. The number of aliphatic hydroxyl groups is 2. The molecule has 0 saturated heterocycles. The molecule has 0 spiro atoms. The van der Waals surface area contributed by atoms with Crippen LogP contribution >= 0.6 is 0 Å². The van der Waals surface area contributed by atoms with Crippen molar-refractivity contribution in [2.24, 2.45) is 0 Å². The van der Waals surface area contributed by atoms with E-state index in [1.165, 1.54) is 0 Å². The second-order valence-corrected chi connectivity index (χ2v) is 12.3. The van der Waals surface area contributed by atoms with Crippen molar-refractivity contribution >= 4 is 0 Å². The Morgan fingerprint density at radius 2 is 0.542 bits per heavy atom. The zero-order chi connectivity index (χ0) is 32.3. The maximum Gasteiger partial charge on any atom is 0.148 e. The van der Waals surface area contributed by atoms with Crippen molar-refractivity contribution in [2.45, 2.75) is 11.2 Å². The van der Waals surface area contributed by atoms with Crippen molar-refractivity contribution in [3.63, 3.8) is 0 Å². The lowest BCUT2D eigenvalue weighted by Crippen LogP contribution is -2.33. The van der Waals surface area contributed by atoms with Crippen molar-refractivity contribution in [3.8, 4) is 45.3 Å². The van der Waals surface area contributed by atoms with E-state index < -0.39 is 11.2 Å². The summed E-state index contributed by atoms with van der Waals surface area (Å²) < 4.78 is 12.5. The monoisotopic (exact) mass is 622 g/mol. The van der Waals surface area contributed by atoms with Gasteiger partial charge in [-0.05, 0) is 46.5 Å². The fourth-order valence-electron chi connectivity index (χ4n) is 7.46. The van der Waals surface area contributed by atoms with Gasteiger partial charge < -0.3 is 19.7 Å². The van der Waals surface area contributed by atoms with E-state index in [0.29, 0.717) is 45.3 Å². The molecule has 4 nitrogen and oxygen atoms in total. The second-order valence-electron chi connectivity index (χ2n) is 12.3. The first kappa shape index (κ1) is 28.3. The Balaban J connectivity index is 1.17. The van der Waals surface area contributed by atoms with Gasteiger partial charge in [-0.25, -0.2) is 0 Å². The maximum atomic E-state index is 12.8. The molecule has 0 amide bonds.